The van der Waals surface area contributed by atoms with Crippen molar-refractivity contribution in [3.8, 4) is 0 Å². The van der Waals surface area contributed by atoms with E-state index in [0.29, 0.717) is 10.2 Å². The summed E-state index contributed by atoms with van der Waals surface area (Å²) in [6.07, 6.45) is 4.45. The van der Waals surface area contributed by atoms with E-state index in [1.165, 1.54) is 21.5 Å². The predicted octanol–water partition coefficient (Wildman–Crippen LogP) is 6.83. The van der Waals surface area contributed by atoms with Crippen molar-refractivity contribution in [2.45, 2.75) is 25.7 Å². The molecule has 0 fully saturated rings. The summed E-state index contributed by atoms with van der Waals surface area (Å²) >= 11 is 11.0. The summed E-state index contributed by atoms with van der Waals surface area (Å²) in [6, 6.07) is 29.1. The lowest BCUT2D eigenvalue weighted by molar-refractivity contribution is 0.625. The first-order valence-electron chi connectivity index (χ1n) is 11.8. The second kappa shape index (κ2) is 12.3. The maximum Gasteiger partial charge on any atom is 0.170 e. The molecule has 0 unspecified atom stereocenters. The number of nitrogens with one attached hydrogen (secondary N) is 4. The first kappa shape index (κ1) is 23.9. The zero-order chi connectivity index (χ0) is 23.6. The van der Waals surface area contributed by atoms with Crippen molar-refractivity contribution in [1.29, 1.82) is 0 Å². The molecule has 4 N–H and O–H groups in total. The Balaban J connectivity index is 1.08. The third kappa shape index (κ3) is 6.65. The minimum atomic E-state index is 0.669. The Morgan fingerprint density at radius 1 is 0.500 bits per heavy atom. The van der Waals surface area contributed by atoms with Crippen molar-refractivity contribution >= 4 is 67.6 Å². The summed E-state index contributed by atoms with van der Waals surface area (Å²) in [5.74, 6) is 0. The van der Waals surface area contributed by atoms with Crippen LogP contribution in [-0.4, -0.2) is 23.3 Å². The molecule has 0 aliphatic rings. The van der Waals surface area contributed by atoms with Crippen molar-refractivity contribution in [3.05, 3.63) is 84.9 Å². The highest BCUT2D eigenvalue weighted by Crippen LogP contribution is 2.23. The molecule has 4 rings (SSSR count). The first-order valence-corrected chi connectivity index (χ1v) is 12.6. The monoisotopic (exact) mass is 486 g/mol. The molecule has 34 heavy (non-hydrogen) atoms. The number of fused-ring (bicyclic) bond motifs is 2. The van der Waals surface area contributed by atoms with Crippen LogP contribution in [0.4, 0.5) is 11.4 Å². The van der Waals surface area contributed by atoms with Gasteiger partial charge in [-0.05, 0) is 60.2 Å². The van der Waals surface area contributed by atoms with E-state index in [9.17, 15) is 0 Å². The average Bonchev–Trinajstić information content (AvgIpc) is 2.86. The maximum absolute atomic E-state index is 5.48. The van der Waals surface area contributed by atoms with E-state index < -0.39 is 0 Å². The number of thiocarbonyl (C=S) groups is 2. The molecule has 4 aromatic carbocycles. The highest BCUT2D eigenvalue weighted by Gasteiger charge is 2.03. The Hall–Kier alpha value is -3.22. The van der Waals surface area contributed by atoms with E-state index in [4.69, 9.17) is 24.4 Å². The Labute approximate surface area is 212 Å². The lowest BCUT2D eigenvalue weighted by Crippen LogP contribution is -2.29. The van der Waals surface area contributed by atoms with Crippen LogP contribution in [0.1, 0.15) is 25.7 Å². The number of unbranched alkanes of at least 4 members (excludes halogenated alkanes) is 3. The van der Waals surface area contributed by atoms with E-state index in [1.807, 2.05) is 36.4 Å². The highest BCUT2D eigenvalue weighted by atomic mass is 32.1. The third-order valence-corrected chi connectivity index (χ3v) is 6.24. The quantitative estimate of drug-likeness (QED) is 0.154. The fraction of sp³-hybridized carbons (Fsp3) is 0.214. The van der Waals surface area contributed by atoms with Crippen LogP contribution >= 0.6 is 24.4 Å². The van der Waals surface area contributed by atoms with Crippen LogP contribution in [0.2, 0.25) is 0 Å². The number of benzene rings is 4. The normalized spacial score (nSPS) is 10.7. The molecule has 174 valence electrons. The zero-order valence-electron chi connectivity index (χ0n) is 19.1. The molecule has 0 heterocycles. The van der Waals surface area contributed by atoms with Gasteiger partial charge >= 0.3 is 0 Å². The van der Waals surface area contributed by atoms with Crippen LogP contribution < -0.4 is 21.3 Å². The first-order chi connectivity index (χ1) is 16.7. The Kier molecular flexibility index (Phi) is 8.65. The molecule has 0 bridgehead atoms. The highest BCUT2D eigenvalue weighted by molar-refractivity contribution is 7.80. The molecular formula is C28H30N4S2. The van der Waals surface area contributed by atoms with Gasteiger partial charge in [0.2, 0.25) is 0 Å². The number of rotatable bonds is 9. The van der Waals surface area contributed by atoms with Gasteiger partial charge in [-0.15, -0.1) is 0 Å². The van der Waals surface area contributed by atoms with Crippen molar-refractivity contribution in [3.63, 3.8) is 0 Å². The summed E-state index contributed by atoms with van der Waals surface area (Å²) in [7, 11) is 0. The standard InChI is InChI=1S/C28H30N4S2/c33-27(31-25-17-9-13-21-11-3-5-15-23(21)25)29-19-7-1-2-8-20-30-28(34)32-26-18-10-14-22-12-4-6-16-24(22)26/h3-6,9-18H,1-2,7-8,19-20H2,(H2,29,31,33)(H2,30,32,34). The molecule has 0 aliphatic carbocycles. The van der Waals surface area contributed by atoms with Crippen molar-refractivity contribution in [1.82, 2.24) is 10.6 Å². The molecule has 0 aromatic heterocycles. The third-order valence-electron chi connectivity index (χ3n) is 5.75. The minimum Gasteiger partial charge on any atom is -0.362 e. The van der Waals surface area contributed by atoms with Crippen LogP contribution in [0, 0.1) is 0 Å². The summed E-state index contributed by atoms with van der Waals surface area (Å²) in [5.41, 5.74) is 2.07. The molecule has 6 heteroatoms. The van der Waals surface area contributed by atoms with Gasteiger partial charge in [0, 0.05) is 35.2 Å². The van der Waals surface area contributed by atoms with Gasteiger partial charge in [-0.1, -0.05) is 85.6 Å². The molecule has 0 saturated carbocycles. The molecule has 0 spiro atoms. The summed E-state index contributed by atoms with van der Waals surface area (Å²) < 4.78 is 0. The van der Waals surface area contributed by atoms with Crippen LogP contribution in [0.5, 0.6) is 0 Å². The Morgan fingerprint density at radius 2 is 0.912 bits per heavy atom. The fourth-order valence-electron chi connectivity index (χ4n) is 4.01. The molecule has 4 nitrogen and oxygen atoms in total. The molecule has 0 amide bonds. The topological polar surface area (TPSA) is 48.1 Å². The second-order valence-corrected chi connectivity index (χ2v) is 9.05. The maximum atomic E-state index is 5.48. The smallest absolute Gasteiger partial charge is 0.170 e. The van der Waals surface area contributed by atoms with Gasteiger partial charge in [-0.2, -0.15) is 0 Å². The van der Waals surface area contributed by atoms with E-state index >= 15 is 0 Å². The lowest BCUT2D eigenvalue weighted by Gasteiger charge is -2.13. The summed E-state index contributed by atoms with van der Waals surface area (Å²) in [5, 5.41) is 19.4. The van der Waals surface area contributed by atoms with E-state index in [0.717, 1.165) is 50.1 Å². The molecule has 0 atom stereocenters. The summed E-state index contributed by atoms with van der Waals surface area (Å²) in [6.45, 7) is 1.73. The molecule has 4 aromatic rings. The van der Waals surface area contributed by atoms with Gasteiger partial charge in [-0.25, -0.2) is 0 Å². The van der Waals surface area contributed by atoms with Crippen molar-refractivity contribution < 1.29 is 0 Å². The summed E-state index contributed by atoms with van der Waals surface area (Å²) in [4.78, 5) is 0. The van der Waals surface area contributed by atoms with Crippen LogP contribution in [0.25, 0.3) is 21.5 Å². The number of anilines is 2. The zero-order valence-corrected chi connectivity index (χ0v) is 20.8. The van der Waals surface area contributed by atoms with Gasteiger partial charge in [0.15, 0.2) is 10.2 Å². The van der Waals surface area contributed by atoms with Gasteiger partial charge in [-0.3, -0.25) is 0 Å². The largest absolute Gasteiger partial charge is 0.362 e. The van der Waals surface area contributed by atoms with Crippen LogP contribution in [-0.2, 0) is 0 Å². The molecule has 0 aliphatic heterocycles. The molecule has 0 radical (unpaired) electrons. The van der Waals surface area contributed by atoms with Gasteiger partial charge in [0.1, 0.15) is 0 Å². The van der Waals surface area contributed by atoms with E-state index in [-0.39, 0.29) is 0 Å². The Bertz CT molecular complexity index is 1160. The molecule has 0 saturated heterocycles. The number of hydrogen-bond donors (Lipinski definition) is 4. The fourth-order valence-corrected chi connectivity index (χ4v) is 4.43. The van der Waals surface area contributed by atoms with Crippen molar-refractivity contribution in [2.24, 2.45) is 0 Å². The second-order valence-electron chi connectivity index (χ2n) is 8.23. The van der Waals surface area contributed by atoms with Gasteiger partial charge in [0.05, 0.1) is 0 Å². The average molecular weight is 487 g/mol. The lowest BCUT2D eigenvalue weighted by atomic mass is 10.1. The van der Waals surface area contributed by atoms with Crippen LogP contribution in [0.3, 0.4) is 0 Å². The van der Waals surface area contributed by atoms with Crippen molar-refractivity contribution in [2.75, 3.05) is 23.7 Å². The SMILES string of the molecule is S=C(NCCCCCCNC(=S)Nc1cccc2ccccc12)Nc1cccc2ccccc12. The van der Waals surface area contributed by atoms with E-state index in [1.54, 1.807) is 0 Å². The molecular weight excluding hydrogens is 456 g/mol. The predicted molar refractivity (Wildman–Crippen MR) is 155 cm³/mol. The van der Waals surface area contributed by atoms with E-state index in [2.05, 4.69) is 69.8 Å². The Morgan fingerprint density at radius 3 is 1.38 bits per heavy atom. The van der Waals surface area contributed by atoms with Crippen LogP contribution in [0.15, 0.2) is 84.9 Å². The van der Waals surface area contributed by atoms with Gasteiger partial charge < -0.3 is 21.3 Å². The number of hydrogen-bond acceptors (Lipinski definition) is 2. The minimum absolute atomic E-state index is 0.669. The van der Waals surface area contributed by atoms with Gasteiger partial charge in [0.25, 0.3) is 0 Å².